The van der Waals surface area contributed by atoms with E-state index in [1.807, 2.05) is 24.3 Å². The maximum Gasteiger partial charge on any atom is 0.161 e. The highest BCUT2D eigenvalue weighted by atomic mass is 16.5. The number of hydrogen-bond acceptors (Lipinski definition) is 3. The summed E-state index contributed by atoms with van der Waals surface area (Å²) in [5.74, 6) is 1.60. The molecule has 0 bridgehead atoms. The van der Waals surface area contributed by atoms with Gasteiger partial charge in [0.1, 0.15) is 6.61 Å². The van der Waals surface area contributed by atoms with Crippen molar-refractivity contribution in [3.63, 3.8) is 0 Å². The van der Waals surface area contributed by atoms with E-state index in [2.05, 4.69) is 11.4 Å². The molecule has 0 unspecified atom stereocenters. The minimum atomic E-state index is 0.655. The molecule has 1 aromatic carbocycles. The number of nitrogens with one attached hydrogen (secondary N) is 1. The van der Waals surface area contributed by atoms with E-state index in [1.54, 1.807) is 7.11 Å². The van der Waals surface area contributed by atoms with E-state index in [-0.39, 0.29) is 0 Å². The Kier molecular flexibility index (Phi) is 3.83. The summed E-state index contributed by atoms with van der Waals surface area (Å²) in [7, 11) is 1.66. The van der Waals surface area contributed by atoms with Gasteiger partial charge in [-0.2, -0.15) is 0 Å². The predicted octanol–water partition coefficient (Wildman–Crippen LogP) is 1.99. The van der Waals surface area contributed by atoms with Crippen molar-refractivity contribution in [3.8, 4) is 11.5 Å². The molecule has 0 radical (unpaired) electrons. The number of ether oxygens (including phenoxy) is 2. The lowest BCUT2D eigenvalue weighted by molar-refractivity contribution is 0.314. The molecule has 1 aliphatic heterocycles. The summed E-state index contributed by atoms with van der Waals surface area (Å²) in [6.45, 7) is 2.65. The van der Waals surface area contributed by atoms with Gasteiger partial charge in [0.25, 0.3) is 0 Å². The van der Waals surface area contributed by atoms with Gasteiger partial charge in [-0.3, -0.25) is 0 Å². The summed E-state index contributed by atoms with van der Waals surface area (Å²) >= 11 is 0. The maximum absolute atomic E-state index is 5.75. The van der Waals surface area contributed by atoms with Gasteiger partial charge in [0.2, 0.25) is 0 Å². The smallest absolute Gasteiger partial charge is 0.161 e. The molecule has 3 heteroatoms. The zero-order valence-corrected chi connectivity index (χ0v) is 9.53. The highest BCUT2D eigenvalue weighted by molar-refractivity contribution is 5.39. The van der Waals surface area contributed by atoms with E-state index >= 15 is 0 Å². The molecule has 1 aromatic rings. The third-order valence-electron chi connectivity index (χ3n) is 2.64. The fourth-order valence-electron chi connectivity index (χ4n) is 1.71. The largest absolute Gasteiger partial charge is 0.493 e. The Morgan fingerprint density at radius 2 is 2.06 bits per heavy atom. The molecule has 0 saturated heterocycles. The molecule has 0 aliphatic carbocycles. The van der Waals surface area contributed by atoms with E-state index in [0.717, 1.165) is 31.0 Å². The lowest BCUT2D eigenvalue weighted by atomic mass is 10.1. The van der Waals surface area contributed by atoms with Crippen molar-refractivity contribution in [2.24, 2.45) is 0 Å². The number of benzene rings is 1. The number of methoxy groups -OCH3 is 1. The third kappa shape index (κ3) is 2.76. The first-order chi connectivity index (χ1) is 7.90. The van der Waals surface area contributed by atoms with Crippen molar-refractivity contribution < 1.29 is 9.47 Å². The Labute approximate surface area is 96.1 Å². The predicted molar refractivity (Wildman–Crippen MR) is 64.1 cm³/mol. The highest BCUT2D eigenvalue weighted by Crippen LogP contribution is 2.26. The van der Waals surface area contributed by atoms with Crippen LogP contribution in [0.5, 0.6) is 11.5 Å². The average Bonchev–Trinajstić information content (AvgIpc) is 2.38. The maximum atomic E-state index is 5.75. The van der Waals surface area contributed by atoms with Gasteiger partial charge in [-0.15, -0.1) is 0 Å². The molecular formula is C13H17NO2. The van der Waals surface area contributed by atoms with Crippen LogP contribution in [0.15, 0.2) is 35.9 Å². The highest BCUT2D eigenvalue weighted by Gasteiger charge is 2.06. The SMILES string of the molecule is COc1ccccc1OCC1=CCNCC1. The molecule has 2 rings (SSSR count). The van der Waals surface area contributed by atoms with Crippen LogP contribution in [0, 0.1) is 0 Å². The molecule has 0 amide bonds. The fraction of sp³-hybridized carbons (Fsp3) is 0.385. The van der Waals surface area contributed by atoms with Crippen molar-refractivity contribution in [1.82, 2.24) is 5.32 Å². The van der Waals surface area contributed by atoms with E-state index in [4.69, 9.17) is 9.47 Å². The Bertz CT molecular complexity index is 374. The molecule has 0 fully saturated rings. The van der Waals surface area contributed by atoms with Crippen LogP contribution in [0.25, 0.3) is 0 Å². The van der Waals surface area contributed by atoms with Crippen molar-refractivity contribution in [3.05, 3.63) is 35.9 Å². The molecule has 3 nitrogen and oxygen atoms in total. The number of rotatable bonds is 4. The minimum Gasteiger partial charge on any atom is -0.493 e. The third-order valence-corrected chi connectivity index (χ3v) is 2.64. The quantitative estimate of drug-likeness (QED) is 0.786. The second-order valence-corrected chi connectivity index (χ2v) is 3.76. The average molecular weight is 219 g/mol. The van der Waals surface area contributed by atoms with Gasteiger partial charge in [-0.05, 0) is 30.7 Å². The second-order valence-electron chi connectivity index (χ2n) is 3.76. The van der Waals surface area contributed by atoms with Crippen LogP contribution in [0.1, 0.15) is 6.42 Å². The van der Waals surface area contributed by atoms with Crippen LogP contribution in [-0.2, 0) is 0 Å². The zero-order chi connectivity index (χ0) is 11.2. The van der Waals surface area contributed by atoms with Crippen LogP contribution < -0.4 is 14.8 Å². The molecule has 0 spiro atoms. The molecule has 16 heavy (non-hydrogen) atoms. The molecule has 0 saturated carbocycles. The van der Waals surface area contributed by atoms with Gasteiger partial charge < -0.3 is 14.8 Å². The topological polar surface area (TPSA) is 30.5 Å². The zero-order valence-electron chi connectivity index (χ0n) is 9.53. The Morgan fingerprint density at radius 1 is 1.25 bits per heavy atom. The fourth-order valence-corrected chi connectivity index (χ4v) is 1.71. The van der Waals surface area contributed by atoms with E-state index in [0.29, 0.717) is 6.61 Å². The standard InChI is InChI=1S/C13H17NO2/c1-15-12-4-2-3-5-13(12)16-10-11-6-8-14-9-7-11/h2-6,14H,7-10H2,1H3. The normalized spacial score (nSPS) is 15.4. The van der Waals surface area contributed by atoms with Gasteiger partial charge in [0.05, 0.1) is 7.11 Å². The first-order valence-corrected chi connectivity index (χ1v) is 5.54. The van der Waals surface area contributed by atoms with E-state index < -0.39 is 0 Å². The van der Waals surface area contributed by atoms with Gasteiger partial charge in [-0.25, -0.2) is 0 Å². The first-order valence-electron chi connectivity index (χ1n) is 5.54. The van der Waals surface area contributed by atoms with Crippen molar-refractivity contribution in [2.75, 3.05) is 26.8 Å². The lowest BCUT2D eigenvalue weighted by Gasteiger charge is -2.15. The summed E-state index contributed by atoms with van der Waals surface area (Å²) in [6, 6.07) is 7.73. The number of hydrogen-bond donors (Lipinski definition) is 1. The van der Waals surface area contributed by atoms with Gasteiger partial charge >= 0.3 is 0 Å². The number of para-hydroxylation sites is 2. The van der Waals surface area contributed by atoms with Crippen molar-refractivity contribution in [1.29, 1.82) is 0 Å². The van der Waals surface area contributed by atoms with Crippen LogP contribution in [0.2, 0.25) is 0 Å². The summed E-state index contributed by atoms with van der Waals surface area (Å²) in [4.78, 5) is 0. The molecule has 1 aliphatic rings. The minimum absolute atomic E-state index is 0.655. The summed E-state index contributed by atoms with van der Waals surface area (Å²) < 4.78 is 11.0. The van der Waals surface area contributed by atoms with E-state index in [9.17, 15) is 0 Å². The molecule has 1 heterocycles. The van der Waals surface area contributed by atoms with Crippen LogP contribution in [-0.4, -0.2) is 26.8 Å². The summed E-state index contributed by atoms with van der Waals surface area (Å²) in [5, 5.41) is 3.28. The van der Waals surface area contributed by atoms with Gasteiger partial charge in [0.15, 0.2) is 11.5 Å². The first kappa shape index (κ1) is 11.0. The van der Waals surface area contributed by atoms with Crippen LogP contribution >= 0.6 is 0 Å². The summed E-state index contributed by atoms with van der Waals surface area (Å²) in [5.41, 5.74) is 1.35. The molecule has 1 N–H and O–H groups in total. The Hall–Kier alpha value is -1.48. The van der Waals surface area contributed by atoms with Gasteiger partial charge in [-0.1, -0.05) is 18.2 Å². The lowest BCUT2D eigenvalue weighted by Crippen LogP contribution is -2.22. The molecule has 86 valence electrons. The van der Waals surface area contributed by atoms with Crippen molar-refractivity contribution >= 4 is 0 Å². The van der Waals surface area contributed by atoms with Crippen LogP contribution in [0.4, 0.5) is 0 Å². The summed E-state index contributed by atoms with van der Waals surface area (Å²) in [6.07, 6.45) is 3.26. The Balaban J connectivity index is 1.96. The molecule has 0 atom stereocenters. The molecular weight excluding hydrogens is 202 g/mol. The van der Waals surface area contributed by atoms with E-state index in [1.165, 1.54) is 5.57 Å². The monoisotopic (exact) mass is 219 g/mol. The van der Waals surface area contributed by atoms with Gasteiger partial charge in [0, 0.05) is 6.54 Å². The Morgan fingerprint density at radius 3 is 2.75 bits per heavy atom. The molecule has 0 aromatic heterocycles. The van der Waals surface area contributed by atoms with Crippen LogP contribution in [0.3, 0.4) is 0 Å². The second kappa shape index (κ2) is 5.56. The van der Waals surface area contributed by atoms with Crippen molar-refractivity contribution in [2.45, 2.75) is 6.42 Å².